The van der Waals surface area contributed by atoms with Gasteiger partial charge in [0.1, 0.15) is 10.6 Å². The van der Waals surface area contributed by atoms with Crippen molar-refractivity contribution in [3.05, 3.63) is 59.7 Å². The lowest BCUT2D eigenvalue weighted by atomic mass is 9.95. The molecule has 9 heteroatoms. The summed E-state index contributed by atoms with van der Waals surface area (Å²) in [5, 5.41) is 9.10. The summed E-state index contributed by atoms with van der Waals surface area (Å²) in [5.41, 5.74) is 1.26. The highest BCUT2D eigenvalue weighted by atomic mass is 32.2. The van der Waals surface area contributed by atoms with E-state index in [9.17, 15) is 13.2 Å². The monoisotopic (exact) mass is 468 g/mol. The Kier molecular flexibility index (Phi) is 7.08. The van der Waals surface area contributed by atoms with Gasteiger partial charge in [-0.15, -0.1) is 4.40 Å². The van der Waals surface area contributed by atoms with Gasteiger partial charge in [0.2, 0.25) is 5.91 Å². The van der Waals surface area contributed by atoms with Crippen molar-refractivity contribution in [2.24, 2.45) is 9.50 Å². The molecule has 0 saturated heterocycles. The van der Waals surface area contributed by atoms with Crippen molar-refractivity contribution in [1.29, 1.82) is 0 Å². The van der Waals surface area contributed by atoms with Gasteiger partial charge in [-0.05, 0) is 42.7 Å². The molecule has 0 spiro atoms. The van der Waals surface area contributed by atoms with E-state index in [1.165, 1.54) is 17.5 Å². The normalized spacial score (nSPS) is 17.4. The fourth-order valence-electron chi connectivity index (χ4n) is 4.11. The molecule has 1 aliphatic heterocycles. The minimum absolute atomic E-state index is 0.0711. The molecule has 174 valence electrons. The van der Waals surface area contributed by atoms with E-state index in [1.54, 1.807) is 31.5 Å². The predicted molar refractivity (Wildman–Crippen MR) is 127 cm³/mol. The van der Waals surface area contributed by atoms with Crippen molar-refractivity contribution in [2.45, 2.75) is 49.5 Å². The van der Waals surface area contributed by atoms with Crippen molar-refractivity contribution in [1.82, 2.24) is 10.3 Å². The van der Waals surface area contributed by atoms with E-state index < -0.39 is 10.0 Å². The molecule has 1 fully saturated rings. The molecule has 2 aromatic rings. The first-order valence-electron chi connectivity index (χ1n) is 11.2. The molecule has 1 amide bonds. The van der Waals surface area contributed by atoms with Crippen molar-refractivity contribution in [3.63, 3.8) is 0 Å². The molecule has 1 saturated carbocycles. The molecule has 1 heterocycles. The Hall–Kier alpha value is -3.20. The first-order valence-corrected chi connectivity index (χ1v) is 12.6. The highest BCUT2D eigenvalue weighted by molar-refractivity contribution is 7.90. The van der Waals surface area contributed by atoms with Gasteiger partial charge in [0.15, 0.2) is 5.84 Å². The average Bonchev–Trinajstić information content (AvgIpc) is 3.11. The van der Waals surface area contributed by atoms with Crippen LogP contribution in [0.4, 0.5) is 0 Å². The number of benzene rings is 2. The van der Waals surface area contributed by atoms with Crippen molar-refractivity contribution in [3.8, 4) is 5.75 Å². The maximum absolute atomic E-state index is 12.6. The van der Waals surface area contributed by atoms with E-state index in [2.05, 4.69) is 14.8 Å². The van der Waals surface area contributed by atoms with Gasteiger partial charge in [-0.25, -0.2) is 5.01 Å². The van der Waals surface area contributed by atoms with E-state index >= 15 is 0 Å². The number of sulfonamides is 1. The lowest BCUT2D eigenvalue weighted by molar-refractivity contribution is -0.122. The Labute approximate surface area is 194 Å². The van der Waals surface area contributed by atoms with Gasteiger partial charge in [-0.2, -0.15) is 13.5 Å². The van der Waals surface area contributed by atoms with Gasteiger partial charge in [-0.1, -0.05) is 43.5 Å². The summed E-state index contributed by atoms with van der Waals surface area (Å²) in [6, 6.07) is 14.2. The number of amidine groups is 1. The van der Waals surface area contributed by atoms with Gasteiger partial charge in [0, 0.05) is 18.0 Å². The number of rotatable bonds is 7. The van der Waals surface area contributed by atoms with Crippen LogP contribution in [0.15, 0.2) is 62.9 Å². The van der Waals surface area contributed by atoms with Crippen LogP contribution in [-0.2, 0) is 14.8 Å². The van der Waals surface area contributed by atoms with Crippen LogP contribution >= 0.6 is 0 Å². The number of methoxy groups -OCH3 is 1. The van der Waals surface area contributed by atoms with Gasteiger partial charge in [0.05, 0.1) is 19.9 Å². The predicted octanol–water partition coefficient (Wildman–Crippen LogP) is 3.32. The zero-order valence-corrected chi connectivity index (χ0v) is 19.4. The summed E-state index contributed by atoms with van der Waals surface area (Å²) in [7, 11) is -2.22. The van der Waals surface area contributed by atoms with Crippen LogP contribution in [0.3, 0.4) is 0 Å². The van der Waals surface area contributed by atoms with Crippen LogP contribution < -0.4 is 10.1 Å². The molecule has 4 rings (SSSR count). The molecule has 0 radical (unpaired) electrons. The molecule has 0 aromatic heterocycles. The maximum atomic E-state index is 12.6. The minimum Gasteiger partial charge on any atom is -0.497 e. The molecule has 0 atom stereocenters. The lowest BCUT2D eigenvalue weighted by Crippen LogP contribution is -2.38. The molecule has 2 aliphatic rings. The van der Waals surface area contributed by atoms with Crippen LogP contribution in [0.2, 0.25) is 0 Å². The van der Waals surface area contributed by atoms with Crippen LogP contribution in [0.25, 0.3) is 0 Å². The summed E-state index contributed by atoms with van der Waals surface area (Å²) in [6.07, 6.45) is 7.27. The third kappa shape index (κ3) is 5.60. The minimum atomic E-state index is -3.80. The second-order valence-electron chi connectivity index (χ2n) is 8.18. The number of fused-ring (bicyclic) bond motifs is 1. The largest absolute Gasteiger partial charge is 0.497 e. The fraction of sp³-hybridized carbons (Fsp3) is 0.375. The third-order valence-corrected chi connectivity index (χ3v) is 7.14. The quantitative estimate of drug-likeness (QED) is 0.496. The van der Waals surface area contributed by atoms with Crippen molar-refractivity contribution >= 4 is 28.0 Å². The van der Waals surface area contributed by atoms with E-state index in [1.807, 2.05) is 24.3 Å². The van der Waals surface area contributed by atoms with Gasteiger partial charge >= 0.3 is 0 Å². The number of carbonyl (C=O) groups excluding carboxylic acids is 1. The van der Waals surface area contributed by atoms with Gasteiger partial charge in [0.25, 0.3) is 10.0 Å². The Balaban J connectivity index is 1.56. The first-order chi connectivity index (χ1) is 16.0. The van der Waals surface area contributed by atoms with E-state index in [0.29, 0.717) is 11.3 Å². The second-order valence-corrected chi connectivity index (χ2v) is 9.76. The molecule has 33 heavy (non-hydrogen) atoms. The topological polar surface area (TPSA) is 100 Å². The van der Waals surface area contributed by atoms with Gasteiger partial charge < -0.3 is 10.1 Å². The third-order valence-electron chi connectivity index (χ3n) is 5.82. The zero-order chi connectivity index (χ0) is 23.3. The Morgan fingerprint density at radius 3 is 2.76 bits per heavy atom. The van der Waals surface area contributed by atoms with E-state index in [-0.39, 0.29) is 35.6 Å². The number of nitrogens with one attached hydrogen (secondary N) is 1. The summed E-state index contributed by atoms with van der Waals surface area (Å²) in [6.45, 7) is 0.196. The van der Waals surface area contributed by atoms with Crippen LogP contribution in [-0.4, -0.2) is 51.1 Å². The second kappa shape index (κ2) is 10.2. The fourth-order valence-corrected chi connectivity index (χ4v) is 5.31. The van der Waals surface area contributed by atoms with E-state index in [4.69, 9.17) is 4.74 Å². The molecule has 2 aromatic carbocycles. The summed E-state index contributed by atoms with van der Waals surface area (Å²) in [5.74, 6) is 0.830. The molecule has 1 N–H and O–H groups in total. The number of hydrogen-bond acceptors (Lipinski definition) is 6. The van der Waals surface area contributed by atoms with Gasteiger partial charge in [-0.3, -0.25) is 4.79 Å². The lowest BCUT2D eigenvalue weighted by Gasteiger charge is -2.24. The Bertz CT molecular complexity index is 1170. The number of amides is 1. The molecular formula is C24H28N4O4S. The molecule has 1 aliphatic carbocycles. The number of hydrogen-bond donors (Lipinski definition) is 1. The van der Waals surface area contributed by atoms with Crippen molar-refractivity contribution in [2.75, 3.05) is 13.7 Å². The standard InChI is InChI=1S/C24H28N4O4S/c1-32-20-11-7-8-18(16-20)17-25-28(15-14-23(29)26-19-9-3-2-4-10-19)24-21-12-5-6-13-22(21)33(30,31)27-24/h5-8,11-13,16-17,19H,2-4,9-10,14-15H2,1H3,(H,26,29)/b25-17-. The maximum Gasteiger partial charge on any atom is 0.285 e. The number of ether oxygens (including phenoxy) is 1. The Morgan fingerprint density at radius 2 is 1.97 bits per heavy atom. The molecule has 8 nitrogen and oxygen atoms in total. The Morgan fingerprint density at radius 1 is 1.18 bits per heavy atom. The first kappa shape index (κ1) is 23.0. The molecule has 0 bridgehead atoms. The van der Waals surface area contributed by atoms with Crippen molar-refractivity contribution < 1.29 is 17.9 Å². The van der Waals surface area contributed by atoms with Crippen LogP contribution in [0.5, 0.6) is 5.75 Å². The smallest absolute Gasteiger partial charge is 0.285 e. The molecular weight excluding hydrogens is 440 g/mol. The number of carbonyl (C=O) groups is 1. The average molecular weight is 469 g/mol. The molecule has 0 unspecified atom stereocenters. The number of nitrogens with zero attached hydrogens (tertiary/aromatic N) is 3. The van der Waals surface area contributed by atoms with Crippen LogP contribution in [0, 0.1) is 0 Å². The summed E-state index contributed by atoms with van der Waals surface area (Å²) < 4.78 is 34.4. The highest BCUT2D eigenvalue weighted by Crippen LogP contribution is 2.28. The number of hydrazone groups is 1. The van der Waals surface area contributed by atoms with E-state index in [0.717, 1.165) is 31.2 Å². The zero-order valence-electron chi connectivity index (χ0n) is 18.6. The highest BCUT2D eigenvalue weighted by Gasteiger charge is 2.32. The SMILES string of the molecule is COc1cccc(/C=N\N(CCC(=O)NC2CCCCC2)C2=NS(=O)(=O)c3ccccc32)c1. The van der Waals surface area contributed by atoms with Crippen LogP contribution in [0.1, 0.15) is 49.7 Å². The summed E-state index contributed by atoms with van der Waals surface area (Å²) >= 11 is 0. The summed E-state index contributed by atoms with van der Waals surface area (Å²) in [4.78, 5) is 12.7.